The Morgan fingerprint density at radius 3 is 2.27 bits per heavy atom. The first-order chi connectivity index (χ1) is 12.4. The number of hydrogen-bond donors (Lipinski definition) is 1. The summed E-state index contributed by atoms with van der Waals surface area (Å²) in [5, 5.41) is 2.84. The van der Waals surface area contributed by atoms with Crippen molar-refractivity contribution in [3.8, 4) is 0 Å². The maximum Gasteiger partial charge on any atom is 0.255 e. The molecule has 1 N–H and O–H groups in total. The Kier molecular flexibility index (Phi) is 6.94. The average molecular weight is 375 g/mol. The summed E-state index contributed by atoms with van der Waals surface area (Å²) >= 11 is 0. The van der Waals surface area contributed by atoms with E-state index in [2.05, 4.69) is 5.32 Å². The van der Waals surface area contributed by atoms with Crippen molar-refractivity contribution in [2.75, 3.05) is 18.4 Å². The van der Waals surface area contributed by atoms with Crippen LogP contribution in [0, 0.1) is 6.92 Å². The summed E-state index contributed by atoms with van der Waals surface area (Å²) in [6.45, 7) is 6.74. The van der Waals surface area contributed by atoms with E-state index in [-0.39, 0.29) is 10.8 Å². The number of carbonyl (C=O) groups is 1. The Balaban J connectivity index is 2.29. The molecule has 0 radical (unpaired) electrons. The lowest BCUT2D eigenvalue weighted by atomic mass is 10.1. The lowest BCUT2D eigenvalue weighted by molar-refractivity contribution is 0.102. The zero-order valence-electron chi connectivity index (χ0n) is 15.5. The summed E-state index contributed by atoms with van der Waals surface area (Å²) in [6, 6.07) is 13.7. The fourth-order valence-corrected chi connectivity index (χ4v) is 4.38. The Hall–Kier alpha value is -2.18. The smallest absolute Gasteiger partial charge is 0.255 e. The summed E-state index contributed by atoms with van der Waals surface area (Å²) in [5.74, 6) is -0.325. The van der Waals surface area contributed by atoms with Crippen LogP contribution in [0.1, 0.15) is 42.6 Å². The molecule has 0 saturated heterocycles. The van der Waals surface area contributed by atoms with Gasteiger partial charge in [0.15, 0.2) is 0 Å². The number of amides is 1. The van der Waals surface area contributed by atoms with Crippen LogP contribution in [-0.2, 0) is 10.0 Å². The molecule has 0 aliphatic heterocycles. The highest BCUT2D eigenvalue weighted by atomic mass is 32.2. The monoisotopic (exact) mass is 374 g/mol. The summed E-state index contributed by atoms with van der Waals surface area (Å²) < 4.78 is 27.3. The second kappa shape index (κ2) is 8.96. The van der Waals surface area contributed by atoms with E-state index in [0.717, 1.165) is 18.4 Å². The van der Waals surface area contributed by atoms with E-state index in [1.807, 2.05) is 45.0 Å². The van der Waals surface area contributed by atoms with E-state index in [0.29, 0.717) is 24.3 Å². The fraction of sp³-hybridized carbons (Fsp3) is 0.350. The van der Waals surface area contributed by atoms with Crippen LogP contribution in [0.15, 0.2) is 53.4 Å². The van der Waals surface area contributed by atoms with E-state index in [9.17, 15) is 13.2 Å². The molecule has 2 rings (SSSR count). The standard InChI is InChI=1S/C20H26N2O3S/c1-4-13-22(14-5-2)26(24,25)18-11-8-10-17(15-18)20(23)21-19-12-7-6-9-16(19)3/h6-12,15H,4-5,13-14H2,1-3H3,(H,21,23). The zero-order valence-corrected chi connectivity index (χ0v) is 16.3. The molecule has 26 heavy (non-hydrogen) atoms. The Labute approximate surface area is 156 Å². The molecule has 0 aliphatic rings. The molecule has 0 saturated carbocycles. The van der Waals surface area contributed by atoms with Crippen LogP contribution in [0.4, 0.5) is 5.69 Å². The molecule has 140 valence electrons. The molecule has 0 spiro atoms. The van der Waals surface area contributed by atoms with E-state index in [4.69, 9.17) is 0 Å². The molecule has 1 amide bonds. The first-order valence-electron chi connectivity index (χ1n) is 8.87. The van der Waals surface area contributed by atoms with Gasteiger partial charge in [0.2, 0.25) is 10.0 Å². The van der Waals surface area contributed by atoms with E-state index < -0.39 is 10.0 Å². The van der Waals surface area contributed by atoms with Crippen LogP contribution < -0.4 is 5.32 Å². The van der Waals surface area contributed by atoms with E-state index >= 15 is 0 Å². The van der Waals surface area contributed by atoms with Crippen molar-refractivity contribution in [3.05, 3.63) is 59.7 Å². The lowest BCUT2D eigenvalue weighted by Gasteiger charge is -2.21. The van der Waals surface area contributed by atoms with Crippen molar-refractivity contribution >= 4 is 21.6 Å². The van der Waals surface area contributed by atoms with Crippen LogP contribution >= 0.6 is 0 Å². The number of nitrogens with zero attached hydrogens (tertiary/aromatic N) is 1. The molecule has 0 bridgehead atoms. The second-order valence-electron chi connectivity index (χ2n) is 6.20. The molecule has 0 fully saturated rings. The van der Waals surface area contributed by atoms with Crippen LogP contribution in [0.5, 0.6) is 0 Å². The lowest BCUT2D eigenvalue weighted by Crippen LogP contribution is -2.32. The average Bonchev–Trinajstić information content (AvgIpc) is 2.63. The SMILES string of the molecule is CCCN(CCC)S(=O)(=O)c1cccc(C(=O)Nc2ccccc2C)c1. The molecule has 6 heteroatoms. The third-order valence-electron chi connectivity index (χ3n) is 4.07. The summed E-state index contributed by atoms with van der Waals surface area (Å²) in [7, 11) is -3.61. The normalized spacial score (nSPS) is 11.5. The Morgan fingerprint density at radius 1 is 1.00 bits per heavy atom. The number of nitrogens with one attached hydrogen (secondary N) is 1. The van der Waals surface area contributed by atoms with Gasteiger partial charge in [-0.05, 0) is 49.6 Å². The van der Waals surface area contributed by atoms with Gasteiger partial charge in [0, 0.05) is 24.3 Å². The largest absolute Gasteiger partial charge is 0.322 e. The van der Waals surface area contributed by atoms with Crippen LogP contribution in [0.3, 0.4) is 0 Å². The van der Waals surface area contributed by atoms with Gasteiger partial charge in [0.25, 0.3) is 5.91 Å². The first-order valence-corrected chi connectivity index (χ1v) is 10.3. The van der Waals surface area contributed by atoms with E-state index in [1.165, 1.54) is 16.4 Å². The van der Waals surface area contributed by atoms with Crippen molar-refractivity contribution in [2.24, 2.45) is 0 Å². The predicted molar refractivity (Wildman–Crippen MR) is 105 cm³/mol. The molecule has 0 aromatic heterocycles. The second-order valence-corrected chi connectivity index (χ2v) is 8.14. The van der Waals surface area contributed by atoms with Gasteiger partial charge < -0.3 is 5.32 Å². The van der Waals surface area contributed by atoms with Crippen molar-refractivity contribution in [2.45, 2.75) is 38.5 Å². The molecule has 2 aromatic carbocycles. The van der Waals surface area contributed by atoms with Gasteiger partial charge >= 0.3 is 0 Å². The quantitative estimate of drug-likeness (QED) is 0.758. The Morgan fingerprint density at radius 2 is 1.65 bits per heavy atom. The highest BCUT2D eigenvalue weighted by Crippen LogP contribution is 2.20. The minimum Gasteiger partial charge on any atom is -0.322 e. The molecule has 0 heterocycles. The summed E-state index contributed by atoms with van der Waals surface area (Å²) in [5.41, 5.74) is 1.98. The number of benzene rings is 2. The fourth-order valence-electron chi connectivity index (χ4n) is 2.71. The highest BCUT2D eigenvalue weighted by molar-refractivity contribution is 7.89. The van der Waals surface area contributed by atoms with Gasteiger partial charge in [0.05, 0.1) is 4.90 Å². The molecule has 0 aliphatic carbocycles. The molecular weight excluding hydrogens is 348 g/mol. The highest BCUT2D eigenvalue weighted by Gasteiger charge is 2.24. The molecule has 0 unspecified atom stereocenters. The number of anilines is 1. The van der Waals surface area contributed by atoms with Crippen LogP contribution in [0.2, 0.25) is 0 Å². The number of rotatable bonds is 8. The van der Waals surface area contributed by atoms with Crippen molar-refractivity contribution in [1.29, 1.82) is 0 Å². The van der Waals surface area contributed by atoms with Gasteiger partial charge in [-0.3, -0.25) is 4.79 Å². The molecule has 0 atom stereocenters. The van der Waals surface area contributed by atoms with Crippen LogP contribution in [0.25, 0.3) is 0 Å². The molecule has 5 nitrogen and oxygen atoms in total. The van der Waals surface area contributed by atoms with Gasteiger partial charge in [0.1, 0.15) is 0 Å². The number of carbonyl (C=O) groups excluding carboxylic acids is 1. The number of sulfonamides is 1. The maximum atomic E-state index is 12.9. The minimum absolute atomic E-state index is 0.150. The van der Waals surface area contributed by atoms with Gasteiger partial charge in [-0.2, -0.15) is 4.31 Å². The number of aryl methyl sites for hydroxylation is 1. The molecule has 2 aromatic rings. The third-order valence-corrected chi connectivity index (χ3v) is 5.97. The van der Waals surface area contributed by atoms with Crippen LogP contribution in [-0.4, -0.2) is 31.7 Å². The summed E-state index contributed by atoms with van der Waals surface area (Å²) in [6.07, 6.45) is 1.49. The third kappa shape index (κ3) is 4.71. The number of para-hydroxylation sites is 1. The van der Waals surface area contributed by atoms with Crippen molar-refractivity contribution in [1.82, 2.24) is 4.31 Å². The number of hydrogen-bond acceptors (Lipinski definition) is 3. The van der Waals surface area contributed by atoms with Crippen molar-refractivity contribution < 1.29 is 13.2 Å². The van der Waals surface area contributed by atoms with Crippen molar-refractivity contribution in [3.63, 3.8) is 0 Å². The topological polar surface area (TPSA) is 66.5 Å². The van der Waals surface area contributed by atoms with Gasteiger partial charge in [-0.1, -0.05) is 38.1 Å². The zero-order chi connectivity index (χ0) is 19.2. The van der Waals surface area contributed by atoms with Gasteiger partial charge in [-0.25, -0.2) is 8.42 Å². The first kappa shape index (κ1) is 20.1. The Bertz CT molecular complexity index is 857. The maximum absolute atomic E-state index is 12.9. The summed E-state index contributed by atoms with van der Waals surface area (Å²) in [4.78, 5) is 12.7. The van der Waals surface area contributed by atoms with E-state index in [1.54, 1.807) is 12.1 Å². The molecular formula is C20H26N2O3S. The predicted octanol–water partition coefficient (Wildman–Crippen LogP) is 4.06. The minimum atomic E-state index is -3.61. The van der Waals surface area contributed by atoms with Gasteiger partial charge in [-0.15, -0.1) is 0 Å².